The third-order valence-electron chi connectivity index (χ3n) is 4.18. The lowest BCUT2D eigenvalue weighted by Gasteiger charge is -2.27. The zero-order valence-corrected chi connectivity index (χ0v) is 12.6. The van der Waals surface area contributed by atoms with Crippen LogP contribution in [0, 0.1) is 28.9 Å². The second kappa shape index (κ2) is 6.24. The van der Waals surface area contributed by atoms with E-state index in [0.717, 1.165) is 12.5 Å². The van der Waals surface area contributed by atoms with Gasteiger partial charge in [-0.1, -0.05) is 19.8 Å². The van der Waals surface area contributed by atoms with Gasteiger partial charge in [-0.3, -0.25) is 10.1 Å². The molecule has 0 radical (unpaired) electrons. The Labute approximate surface area is 119 Å². The quantitative estimate of drug-likeness (QED) is 0.663. The number of aryl methyl sites for hydroxylation is 2. The monoisotopic (exact) mass is 280 g/mol. The number of hydrogen-bond acceptors (Lipinski definition) is 4. The van der Waals surface area contributed by atoms with Gasteiger partial charge in [-0.15, -0.1) is 0 Å². The molecule has 112 valence electrons. The van der Waals surface area contributed by atoms with Gasteiger partial charge in [0.25, 0.3) is 0 Å². The molecule has 6 heteroatoms. The fraction of sp³-hybridized carbons (Fsp3) is 0.786. The molecule has 0 bridgehead atoms. The van der Waals surface area contributed by atoms with Gasteiger partial charge in [-0.05, 0) is 38.5 Å². The van der Waals surface area contributed by atoms with Gasteiger partial charge in [0.05, 0.1) is 4.92 Å². The van der Waals surface area contributed by atoms with Crippen LogP contribution in [0.3, 0.4) is 0 Å². The summed E-state index contributed by atoms with van der Waals surface area (Å²) in [6, 6.07) is 0. The van der Waals surface area contributed by atoms with Gasteiger partial charge >= 0.3 is 5.69 Å². The van der Waals surface area contributed by atoms with Crippen molar-refractivity contribution in [3.05, 3.63) is 15.8 Å². The van der Waals surface area contributed by atoms with Crippen LogP contribution in [0.25, 0.3) is 0 Å². The molecule has 20 heavy (non-hydrogen) atoms. The van der Waals surface area contributed by atoms with E-state index in [4.69, 9.17) is 0 Å². The highest BCUT2D eigenvalue weighted by Gasteiger charge is 2.26. The Balaban J connectivity index is 2.10. The molecule has 0 saturated heterocycles. The molecule has 1 aliphatic rings. The third-order valence-corrected chi connectivity index (χ3v) is 4.18. The molecule has 0 aromatic carbocycles. The van der Waals surface area contributed by atoms with Gasteiger partial charge < -0.3 is 5.32 Å². The average molecular weight is 280 g/mol. The minimum atomic E-state index is -0.333. The lowest BCUT2D eigenvalue weighted by molar-refractivity contribution is -0.384. The van der Waals surface area contributed by atoms with E-state index in [1.807, 2.05) is 6.92 Å². The first-order valence-corrected chi connectivity index (χ1v) is 7.48. The summed E-state index contributed by atoms with van der Waals surface area (Å²) in [6.07, 6.45) is 4.99. The largest absolute Gasteiger partial charge is 0.364 e. The molecule has 6 nitrogen and oxygen atoms in total. The van der Waals surface area contributed by atoms with Crippen molar-refractivity contribution in [3.63, 3.8) is 0 Å². The van der Waals surface area contributed by atoms with E-state index in [2.05, 4.69) is 17.3 Å². The summed E-state index contributed by atoms with van der Waals surface area (Å²) in [5.41, 5.74) is 0.604. The molecule has 1 aromatic rings. The smallest absolute Gasteiger partial charge is 0.333 e. The number of anilines is 1. The normalized spacial score (nSPS) is 22.8. The molecule has 1 heterocycles. The van der Waals surface area contributed by atoms with E-state index < -0.39 is 0 Å². The average Bonchev–Trinajstić information content (AvgIpc) is 2.72. The molecule has 0 amide bonds. The summed E-state index contributed by atoms with van der Waals surface area (Å²) < 4.78 is 1.69. The van der Waals surface area contributed by atoms with Crippen molar-refractivity contribution in [2.75, 3.05) is 11.9 Å². The predicted molar refractivity (Wildman–Crippen MR) is 78.9 cm³/mol. The molecule has 1 aromatic heterocycles. The Hall–Kier alpha value is -1.59. The standard InChI is InChI=1S/C14H24N4O2/c1-4-17-14(13(18(19)20)11(3)16-17)15-9-12-7-5-6-10(2)8-12/h10,12,15H,4-9H2,1-3H3. The SMILES string of the molecule is CCn1nc(C)c([N+](=O)[O-])c1NCC1CCCC(C)C1. The molecular weight excluding hydrogens is 256 g/mol. The Bertz CT molecular complexity index is 484. The lowest BCUT2D eigenvalue weighted by Crippen LogP contribution is -2.22. The summed E-state index contributed by atoms with van der Waals surface area (Å²) in [4.78, 5) is 10.9. The van der Waals surface area contributed by atoms with E-state index in [0.29, 0.717) is 24.0 Å². The van der Waals surface area contributed by atoms with Crippen LogP contribution in [-0.4, -0.2) is 21.2 Å². The van der Waals surface area contributed by atoms with Crippen LogP contribution in [0.2, 0.25) is 0 Å². The summed E-state index contributed by atoms with van der Waals surface area (Å²) >= 11 is 0. The molecule has 1 N–H and O–H groups in total. The molecule has 1 saturated carbocycles. The molecule has 0 aliphatic heterocycles. The van der Waals surface area contributed by atoms with Crippen molar-refractivity contribution >= 4 is 11.5 Å². The van der Waals surface area contributed by atoms with Crippen LogP contribution in [0.15, 0.2) is 0 Å². The topological polar surface area (TPSA) is 73.0 Å². The van der Waals surface area contributed by atoms with E-state index in [-0.39, 0.29) is 10.6 Å². The first-order valence-electron chi connectivity index (χ1n) is 7.48. The van der Waals surface area contributed by atoms with Crippen LogP contribution < -0.4 is 5.32 Å². The van der Waals surface area contributed by atoms with Crippen molar-refractivity contribution in [2.45, 2.75) is 53.0 Å². The van der Waals surface area contributed by atoms with Crippen LogP contribution in [0.4, 0.5) is 11.5 Å². The lowest BCUT2D eigenvalue weighted by atomic mass is 9.82. The number of rotatable bonds is 5. The van der Waals surface area contributed by atoms with Gasteiger partial charge in [0.2, 0.25) is 5.82 Å². The minimum absolute atomic E-state index is 0.121. The van der Waals surface area contributed by atoms with Crippen molar-refractivity contribution in [2.24, 2.45) is 11.8 Å². The fourth-order valence-corrected chi connectivity index (χ4v) is 3.18. The number of aromatic nitrogens is 2. The highest BCUT2D eigenvalue weighted by molar-refractivity contribution is 5.59. The zero-order chi connectivity index (χ0) is 14.7. The molecule has 0 spiro atoms. The van der Waals surface area contributed by atoms with E-state index in [1.165, 1.54) is 25.7 Å². The highest BCUT2D eigenvalue weighted by Crippen LogP contribution is 2.31. The maximum atomic E-state index is 11.2. The van der Waals surface area contributed by atoms with E-state index >= 15 is 0 Å². The third kappa shape index (κ3) is 3.11. The van der Waals surface area contributed by atoms with Crippen molar-refractivity contribution < 1.29 is 4.92 Å². The van der Waals surface area contributed by atoms with Crippen molar-refractivity contribution in [3.8, 4) is 0 Å². The summed E-state index contributed by atoms with van der Waals surface area (Å²) in [5, 5.41) is 18.7. The van der Waals surface area contributed by atoms with Crippen LogP contribution >= 0.6 is 0 Å². The van der Waals surface area contributed by atoms with Crippen molar-refractivity contribution in [1.82, 2.24) is 9.78 Å². The Morgan fingerprint density at radius 2 is 2.25 bits per heavy atom. The number of nitrogens with zero attached hydrogens (tertiary/aromatic N) is 3. The highest BCUT2D eigenvalue weighted by atomic mass is 16.6. The number of nitrogens with one attached hydrogen (secondary N) is 1. The maximum absolute atomic E-state index is 11.2. The van der Waals surface area contributed by atoms with Crippen LogP contribution in [0.5, 0.6) is 0 Å². The molecule has 2 rings (SSSR count). The minimum Gasteiger partial charge on any atom is -0.364 e. The fourth-order valence-electron chi connectivity index (χ4n) is 3.18. The first kappa shape index (κ1) is 14.8. The zero-order valence-electron chi connectivity index (χ0n) is 12.6. The summed E-state index contributed by atoms with van der Waals surface area (Å²) in [7, 11) is 0. The Kier molecular flexibility index (Phi) is 4.62. The van der Waals surface area contributed by atoms with E-state index in [9.17, 15) is 10.1 Å². The maximum Gasteiger partial charge on any atom is 0.333 e. The first-order chi connectivity index (χ1) is 9.52. The second-order valence-electron chi connectivity index (χ2n) is 5.87. The van der Waals surface area contributed by atoms with E-state index in [1.54, 1.807) is 11.6 Å². The summed E-state index contributed by atoms with van der Waals surface area (Å²) in [6.45, 7) is 7.37. The molecule has 1 fully saturated rings. The van der Waals surface area contributed by atoms with Gasteiger partial charge in [-0.25, -0.2) is 4.68 Å². The van der Waals surface area contributed by atoms with Gasteiger partial charge in [0.15, 0.2) is 0 Å². The van der Waals surface area contributed by atoms with Crippen molar-refractivity contribution in [1.29, 1.82) is 0 Å². The Morgan fingerprint density at radius 1 is 1.50 bits per heavy atom. The number of hydrogen-bond donors (Lipinski definition) is 1. The van der Waals surface area contributed by atoms with Gasteiger partial charge in [0, 0.05) is 13.1 Å². The number of nitro groups is 1. The van der Waals surface area contributed by atoms with Crippen LogP contribution in [-0.2, 0) is 6.54 Å². The van der Waals surface area contributed by atoms with Gasteiger partial charge in [-0.2, -0.15) is 5.10 Å². The predicted octanol–water partition coefficient (Wildman–Crippen LogP) is 3.36. The second-order valence-corrected chi connectivity index (χ2v) is 5.87. The molecular formula is C14H24N4O2. The molecule has 1 aliphatic carbocycles. The Morgan fingerprint density at radius 3 is 2.85 bits per heavy atom. The molecule has 2 atom stereocenters. The molecule has 2 unspecified atom stereocenters. The van der Waals surface area contributed by atoms with Crippen LogP contribution in [0.1, 0.15) is 45.2 Å². The van der Waals surface area contributed by atoms with Gasteiger partial charge in [0.1, 0.15) is 5.69 Å². The summed E-state index contributed by atoms with van der Waals surface area (Å²) in [5.74, 6) is 1.94.